The van der Waals surface area contributed by atoms with Crippen LogP contribution >= 0.6 is 11.6 Å². The molecule has 2 rings (SSSR count). The highest BCUT2D eigenvalue weighted by Gasteiger charge is 2.22. The SMILES string of the molecule is CC(C)C(C)c1nn(C)c(N)c1-c1cccc(Cl)c1. The summed E-state index contributed by atoms with van der Waals surface area (Å²) in [7, 11) is 1.87. The second kappa shape index (κ2) is 5.25. The molecule has 19 heavy (non-hydrogen) atoms. The van der Waals surface area contributed by atoms with Crippen LogP contribution in [0.2, 0.25) is 5.02 Å². The molecular formula is C15H20ClN3. The lowest BCUT2D eigenvalue weighted by atomic mass is 9.90. The summed E-state index contributed by atoms with van der Waals surface area (Å²) >= 11 is 6.08. The van der Waals surface area contributed by atoms with Gasteiger partial charge in [-0.2, -0.15) is 5.10 Å². The van der Waals surface area contributed by atoms with Crippen molar-refractivity contribution in [1.29, 1.82) is 0 Å². The first-order chi connectivity index (χ1) is 8.91. The van der Waals surface area contributed by atoms with Crippen LogP contribution in [0.1, 0.15) is 32.4 Å². The summed E-state index contributed by atoms with van der Waals surface area (Å²) in [5.74, 6) is 1.54. The first-order valence-corrected chi connectivity index (χ1v) is 6.88. The quantitative estimate of drug-likeness (QED) is 0.919. The number of hydrogen-bond donors (Lipinski definition) is 1. The number of anilines is 1. The largest absolute Gasteiger partial charge is 0.383 e. The van der Waals surface area contributed by atoms with E-state index in [9.17, 15) is 0 Å². The molecule has 0 aliphatic rings. The molecule has 2 N–H and O–H groups in total. The molecule has 0 aliphatic carbocycles. The zero-order valence-electron chi connectivity index (χ0n) is 11.8. The maximum absolute atomic E-state index is 6.18. The number of rotatable bonds is 3. The van der Waals surface area contributed by atoms with Crippen molar-refractivity contribution in [2.24, 2.45) is 13.0 Å². The second-order valence-corrected chi connectivity index (χ2v) is 5.75. The molecule has 1 unspecified atom stereocenters. The lowest BCUT2D eigenvalue weighted by molar-refractivity contribution is 0.517. The van der Waals surface area contributed by atoms with E-state index in [-0.39, 0.29) is 0 Å². The average molecular weight is 278 g/mol. The second-order valence-electron chi connectivity index (χ2n) is 5.31. The first-order valence-electron chi connectivity index (χ1n) is 6.50. The molecule has 1 atom stereocenters. The van der Waals surface area contributed by atoms with E-state index in [4.69, 9.17) is 17.3 Å². The Kier molecular flexibility index (Phi) is 3.85. The Morgan fingerprint density at radius 2 is 1.95 bits per heavy atom. The van der Waals surface area contributed by atoms with Crippen LogP contribution in [-0.4, -0.2) is 9.78 Å². The van der Waals surface area contributed by atoms with Crippen molar-refractivity contribution < 1.29 is 0 Å². The van der Waals surface area contributed by atoms with Crippen LogP contribution in [0.15, 0.2) is 24.3 Å². The topological polar surface area (TPSA) is 43.8 Å². The van der Waals surface area contributed by atoms with Crippen molar-refractivity contribution in [3.05, 3.63) is 35.0 Å². The summed E-state index contributed by atoms with van der Waals surface area (Å²) in [6.07, 6.45) is 0. The summed E-state index contributed by atoms with van der Waals surface area (Å²) in [5.41, 5.74) is 9.25. The van der Waals surface area contributed by atoms with Crippen LogP contribution < -0.4 is 5.73 Å². The normalized spacial score (nSPS) is 12.9. The molecule has 102 valence electrons. The molecule has 0 saturated heterocycles. The highest BCUT2D eigenvalue weighted by molar-refractivity contribution is 6.30. The van der Waals surface area contributed by atoms with Gasteiger partial charge in [-0.15, -0.1) is 0 Å². The van der Waals surface area contributed by atoms with E-state index in [2.05, 4.69) is 25.9 Å². The fraction of sp³-hybridized carbons (Fsp3) is 0.400. The molecule has 2 aromatic rings. The zero-order chi connectivity index (χ0) is 14.2. The average Bonchev–Trinajstić information content (AvgIpc) is 2.65. The predicted molar refractivity (Wildman–Crippen MR) is 81.3 cm³/mol. The molecule has 0 fully saturated rings. The van der Waals surface area contributed by atoms with Gasteiger partial charge in [0, 0.05) is 23.6 Å². The van der Waals surface area contributed by atoms with Crippen LogP contribution in [0, 0.1) is 5.92 Å². The van der Waals surface area contributed by atoms with E-state index in [1.54, 1.807) is 4.68 Å². The van der Waals surface area contributed by atoms with Gasteiger partial charge in [0.15, 0.2) is 0 Å². The lowest BCUT2D eigenvalue weighted by Gasteiger charge is -2.15. The standard InChI is InChI=1S/C15H20ClN3/c1-9(2)10(3)14-13(15(17)19(4)18-14)11-6-5-7-12(16)8-11/h5-10H,17H2,1-4H3. The lowest BCUT2D eigenvalue weighted by Crippen LogP contribution is -2.04. The van der Waals surface area contributed by atoms with E-state index in [1.807, 2.05) is 31.3 Å². The summed E-state index contributed by atoms with van der Waals surface area (Å²) in [5, 5.41) is 5.30. The summed E-state index contributed by atoms with van der Waals surface area (Å²) < 4.78 is 1.74. The molecule has 0 aliphatic heterocycles. The van der Waals surface area contributed by atoms with Crippen molar-refractivity contribution in [1.82, 2.24) is 9.78 Å². The van der Waals surface area contributed by atoms with E-state index >= 15 is 0 Å². The molecule has 0 spiro atoms. The minimum absolute atomic E-state index is 0.345. The molecular weight excluding hydrogens is 258 g/mol. The maximum Gasteiger partial charge on any atom is 0.129 e. The van der Waals surface area contributed by atoms with Gasteiger partial charge in [0.05, 0.1) is 5.69 Å². The van der Waals surface area contributed by atoms with Gasteiger partial charge < -0.3 is 5.73 Å². The number of halogens is 1. The first kappa shape index (κ1) is 13.9. The van der Waals surface area contributed by atoms with Gasteiger partial charge in [0.25, 0.3) is 0 Å². The Morgan fingerprint density at radius 1 is 1.26 bits per heavy atom. The Labute approximate surface area is 119 Å². The Bertz CT molecular complexity index is 587. The van der Waals surface area contributed by atoms with Crippen molar-refractivity contribution in [2.45, 2.75) is 26.7 Å². The van der Waals surface area contributed by atoms with E-state index in [0.717, 1.165) is 16.8 Å². The third kappa shape index (κ3) is 2.61. The highest BCUT2D eigenvalue weighted by Crippen LogP contribution is 2.37. The molecule has 0 radical (unpaired) electrons. The van der Waals surface area contributed by atoms with Crippen LogP contribution in [0.5, 0.6) is 0 Å². The van der Waals surface area contributed by atoms with Gasteiger partial charge in [-0.05, 0) is 23.6 Å². The van der Waals surface area contributed by atoms with Crippen molar-refractivity contribution in [3.63, 3.8) is 0 Å². The Balaban J connectivity index is 2.62. The number of aryl methyl sites for hydroxylation is 1. The predicted octanol–water partition coefficient (Wildman–Crippen LogP) is 4.08. The van der Waals surface area contributed by atoms with Crippen molar-refractivity contribution in [2.75, 3.05) is 5.73 Å². The fourth-order valence-electron chi connectivity index (χ4n) is 2.13. The van der Waals surface area contributed by atoms with Gasteiger partial charge in [-0.1, -0.05) is 44.5 Å². The third-order valence-corrected chi connectivity index (χ3v) is 3.90. The highest BCUT2D eigenvalue weighted by atomic mass is 35.5. The third-order valence-electron chi connectivity index (χ3n) is 3.66. The minimum Gasteiger partial charge on any atom is -0.383 e. The van der Waals surface area contributed by atoms with Gasteiger partial charge in [-0.25, -0.2) is 0 Å². The van der Waals surface area contributed by atoms with Crippen LogP contribution in [0.3, 0.4) is 0 Å². The molecule has 1 heterocycles. The Hall–Kier alpha value is -1.48. The van der Waals surface area contributed by atoms with E-state index < -0.39 is 0 Å². The van der Waals surface area contributed by atoms with Crippen molar-refractivity contribution in [3.8, 4) is 11.1 Å². The number of nitrogens with two attached hydrogens (primary N) is 1. The molecule has 0 saturated carbocycles. The summed E-state index contributed by atoms with van der Waals surface area (Å²) in [6.45, 7) is 6.56. The smallest absolute Gasteiger partial charge is 0.129 e. The van der Waals surface area contributed by atoms with E-state index in [0.29, 0.717) is 22.7 Å². The monoisotopic (exact) mass is 277 g/mol. The van der Waals surface area contributed by atoms with Gasteiger partial charge in [-0.3, -0.25) is 4.68 Å². The minimum atomic E-state index is 0.345. The molecule has 1 aromatic carbocycles. The number of nitrogens with zero attached hydrogens (tertiary/aromatic N) is 2. The van der Waals surface area contributed by atoms with E-state index in [1.165, 1.54) is 0 Å². The van der Waals surface area contributed by atoms with Crippen LogP contribution in [0.4, 0.5) is 5.82 Å². The van der Waals surface area contributed by atoms with Crippen molar-refractivity contribution >= 4 is 17.4 Å². The molecule has 1 aromatic heterocycles. The molecule has 0 amide bonds. The van der Waals surface area contributed by atoms with Crippen LogP contribution in [-0.2, 0) is 7.05 Å². The van der Waals surface area contributed by atoms with Gasteiger partial charge in [0.2, 0.25) is 0 Å². The molecule has 3 nitrogen and oxygen atoms in total. The van der Waals surface area contributed by atoms with Gasteiger partial charge in [0.1, 0.15) is 5.82 Å². The molecule has 4 heteroatoms. The molecule has 0 bridgehead atoms. The fourth-order valence-corrected chi connectivity index (χ4v) is 2.32. The summed E-state index contributed by atoms with van der Waals surface area (Å²) in [4.78, 5) is 0. The Morgan fingerprint density at radius 3 is 2.53 bits per heavy atom. The maximum atomic E-state index is 6.18. The number of aromatic nitrogens is 2. The zero-order valence-corrected chi connectivity index (χ0v) is 12.6. The van der Waals surface area contributed by atoms with Gasteiger partial charge >= 0.3 is 0 Å². The van der Waals surface area contributed by atoms with Crippen LogP contribution in [0.25, 0.3) is 11.1 Å². The number of benzene rings is 1. The number of hydrogen-bond acceptors (Lipinski definition) is 2. The summed E-state index contributed by atoms with van der Waals surface area (Å²) in [6, 6.07) is 7.76. The number of nitrogen functional groups attached to an aromatic ring is 1.